The molecule has 0 aliphatic heterocycles. The molecule has 1 unspecified atom stereocenters. The van der Waals surface area contributed by atoms with E-state index < -0.39 is 40.9 Å². The number of rotatable bonds is 18. The van der Waals surface area contributed by atoms with Gasteiger partial charge >= 0.3 is 5.97 Å². The van der Waals surface area contributed by atoms with Crippen LogP contribution in [0.4, 0.5) is 0 Å². The Morgan fingerprint density at radius 3 is 2.24 bits per heavy atom. The summed E-state index contributed by atoms with van der Waals surface area (Å²) in [6.45, 7) is 5.62. The second-order valence-electron chi connectivity index (χ2n) is 13.7. The van der Waals surface area contributed by atoms with Crippen molar-refractivity contribution in [1.29, 1.82) is 0 Å². The van der Waals surface area contributed by atoms with E-state index in [2.05, 4.69) is 5.32 Å². The lowest BCUT2D eigenvalue weighted by Gasteiger charge is -2.32. The molecule has 3 atom stereocenters. The van der Waals surface area contributed by atoms with E-state index in [1.54, 1.807) is 70.5 Å². The third kappa shape index (κ3) is 10.8. The summed E-state index contributed by atoms with van der Waals surface area (Å²) in [5.74, 6) is -1.31. The van der Waals surface area contributed by atoms with Gasteiger partial charge in [0.1, 0.15) is 17.6 Å². The Morgan fingerprint density at radius 1 is 0.863 bits per heavy atom. The van der Waals surface area contributed by atoms with Gasteiger partial charge in [0.15, 0.2) is 18.1 Å². The number of amides is 1. The van der Waals surface area contributed by atoms with E-state index in [9.17, 15) is 24.3 Å². The first-order chi connectivity index (χ1) is 24.4. The average molecular weight is 702 g/mol. The SMILES string of the molecule is CCC(C)(C)C(=O)C(=O)C1CCCC[C@H]1C(=O)O[C@H](CCc1ccc(OC)c(OC)c1)c1cccc(OCC(=O)NCCc2ccc(O)cc2)c1. The molecule has 1 saturated carbocycles. The molecule has 51 heavy (non-hydrogen) atoms. The fourth-order valence-corrected chi connectivity index (χ4v) is 6.26. The van der Waals surface area contributed by atoms with E-state index in [1.165, 1.54) is 0 Å². The average Bonchev–Trinajstić information content (AvgIpc) is 3.15. The molecular formula is C41H51NO9. The number of methoxy groups -OCH3 is 2. The Bertz CT molecular complexity index is 1650. The summed E-state index contributed by atoms with van der Waals surface area (Å²) in [5, 5.41) is 12.3. The Hall–Kier alpha value is -4.86. The molecule has 1 aliphatic carbocycles. The van der Waals surface area contributed by atoms with Crippen LogP contribution < -0.4 is 19.5 Å². The number of Topliss-reactive ketones (excluding diaryl/α,β-unsaturated/α-hetero) is 2. The third-order valence-electron chi connectivity index (χ3n) is 9.80. The second kappa shape index (κ2) is 18.4. The van der Waals surface area contributed by atoms with Crippen LogP contribution in [-0.2, 0) is 36.8 Å². The van der Waals surface area contributed by atoms with E-state index in [-0.39, 0.29) is 18.3 Å². The molecule has 0 spiro atoms. The van der Waals surface area contributed by atoms with Gasteiger partial charge in [-0.25, -0.2) is 0 Å². The number of phenols is 1. The molecule has 1 aliphatic rings. The van der Waals surface area contributed by atoms with Gasteiger partial charge in [-0.05, 0) is 91.6 Å². The summed E-state index contributed by atoms with van der Waals surface area (Å²) in [6.07, 6.45) is 3.86. The number of ether oxygens (including phenoxy) is 4. The normalized spacial score (nSPS) is 16.4. The zero-order valence-electron chi connectivity index (χ0n) is 30.4. The van der Waals surface area contributed by atoms with Gasteiger partial charge in [-0.2, -0.15) is 0 Å². The maximum absolute atomic E-state index is 13.9. The second-order valence-corrected chi connectivity index (χ2v) is 13.7. The predicted octanol–water partition coefficient (Wildman–Crippen LogP) is 6.75. The Morgan fingerprint density at radius 2 is 1.55 bits per heavy atom. The van der Waals surface area contributed by atoms with Gasteiger partial charge in [0.05, 0.1) is 20.1 Å². The number of ketones is 2. The van der Waals surface area contributed by atoms with E-state index in [0.717, 1.165) is 24.0 Å². The number of hydrogen-bond acceptors (Lipinski definition) is 9. The van der Waals surface area contributed by atoms with E-state index >= 15 is 0 Å². The van der Waals surface area contributed by atoms with Crippen molar-refractivity contribution in [1.82, 2.24) is 5.32 Å². The van der Waals surface area contributed by atoms with Gasteiger partial charge in [0, 0.05) is 17.9 Å². The summed E-state index contributed by atoms with van der Waals surface area (Å²) < 4.78 is 22.9. The van der Waals surface area contributed by atoms with Crippen LogP contribution in [0.5, 0.6) is 23.0 Å². The molecule has 274 valence electrons. The minimum absolute atomic E-state index is 0.188. The molecule has 0 aromatic heterocycles. The van der Waals surface area contributed by atoms with Crippen LogP contribution in [-0.4, -0.2) is 55.9 Å². The number of nitrogens with one attached hydrogen (secondary N) is 1. The van der Waals surface area contributed by atoms with Gasteiger partial charge in [-0.1, -0.05) is 63.9 Å². The molecule has 1 amide bonds. The first kappa shape index (κ1) is 38.9. The van der Waals surface area contributed by atoms with Crippen LogP contribution in [0.3, 0.4) is 0 Å². The highest BCUT2D eigenvalue weighted by molar-refractivity contribution is 6.40. The minimum atomic E-state index is -0.797. The van der Waals surface area contributed by atoms with Crippen molar-refractivity contribution >= 4 is 23.4 Å². The first-order valence-corrected chi connectivity index (χ1v) is 17.7. The predicted molar refractivity (Wildman–Crippen MR) is 193 cm³/mol. The largest absolute Gasteiger partial charge is 0.508 e. The maximum Gasteiger partial charge on any atom is 0.310 e. The molecule has 3 aromatic carbocycles. The lowest BCUT2D eigenvalue weighted by Crippen LogP contribution is -2.42. The van der Waals surface area contributed by atoms with E-state index in [4.69, 9.17) is 18.9 Å². The van der Waals surface area contributed by atoms with Crippen molar-refractivity contribution in [2.45, 2.75) is 78.2 Å². The molecule has 3 aromatic rings. The third-order valence-corrected chi connectivity index (χ3v) is 9.80. The summed E-state index contributed by atoms with van der Waals surface area (Å²) in [4.78, 5) is 53.1. The van der Waals surface area contributed by atoms with Crippen molar-refractivity contribution in [3.8, 4) is 23.0 Å². The minimum Gasteiger partial charge on any atom is -0.508 e. The molecule has 0 bridgehead atoms. The number of aryl methyl sites for hydroxylation is 1. The van der Waals surface area contributed by atoms with E-state index in [0.29, 0.717) is 67.9 Å². The highest BCUT2D eigenvalue weighted by atomic mass is 16.5. The van der Waals surface area contributed by atoms with Crippen molar-refractivity contribution in [3.05, 3.63) is 83.4 Å². The highest BCUT2D eigenvalue weighted by Crippen LogP contribution is 2.37. The van der Waals surface area contributed by atoms with Crippen molar-refractivity contribution in [2.24, 2.45) is 17.3 Å². The number of hydrogen-bond donors (Lipinski definition) is 2. The summed E-state index contributed by atoms with van der Waals surface area (Å²) >= 11 is 0. The molecule has 0 radical (unpaired) electrons. The maximum atomic E-state index is 13.9. The van der Waals surface area contributed by atoms with Crippen molar-refractivity contribution in [3.63, 3.8) is 0 Å². The van der Waals surface area contributed by atoms with Crippen LogP contribution in [0.25, 0.3) is 0 Å². The highest BCUT2D eigenvalue weighted by Gasteiger charge is 2.43. The van der Waals surface area contributed by atoms with Crippen LogP contribution in [0.15, 0.2) is 66.7 Å². The molecule has 10 heteroatoms. The number of benzene rings is 3. The Kier molecular flexibility index (Phi) is 14.0. The van der Waals surface area contributed by atoms with Gasteiger partial charge in [-0.15, -0.1) is 0 Å². The lowest BCUT2D eigenvalue weighted by molar-refractivity contribution is -0.161. The first-order valence-electron chi connectivity index (χ1n) is 17.7. The molecular weight excluding hydrogens is 650 g/mol. The molecule has 2 N–H and O–H groups in total. The van der Waals surface area contributed by atoms with Crippen LogP contribution in [0.2, 0.25) is 0 Å². The fourth-order valence-electron chi connectivity index (χ4n) is 6.26. The number of aromatic hydroxyl groups is 1. The van der Waals surface area contributed by atoms with Crippen molar-refractivity contribution < 1.29 is 43.2 Å². The van der Waals surface area contributed by atoms with Crippen LogP contribution in [0.1, 0.15) is 82.1 Å². The van der Waals surface area contributed by atoms with Gasteiger partial charge in [-0.3, -0.25) is 19.2 Å². The standard InChI is InChI=1S/C41H51NO9/c1-6-41(2,3)39(46)38(45)32-12-7-8-13-33(32)40(47)51-34(20-16-28-17-21-35(48-4)36(24-28)49-5)29-10-9-11-31(25-29)50-26-37(44)42-23-22-27-14-18-30(43)19-15-27/h9-11,14-15,17-19,21,24-25,32-34,43H,6-8,12-13,16,20,22-23,26H2,1-5H3,(H,42,44)/t32?,33-,34-/m1/s1. The molecule has 10 nitrogen and oxygen atoms in total. The molecule has 4 rings (SSSR count). The zero-order valence-corrected chi connectivity index (χ0v) is 30.4. The number of esters is 1. The van der Waals surface area contributed by atoms with Gasteiger partial charge in [0.25, 0.3) is 5.91 Å². The van der Waals surface area contributed by atoms with E-state index in [1.807, 2.05) is 31.2 Å². The smallest absolute Gasteiger partial charge is 0.310 e. The molecule has 0 heterocycles. The van der Waals surface area contributed by atoms with Crippen molar-refractivity contribution in [2.75, 3.05) is 27.4 Å². The van der Waals surface area contributed by atoms with Gasteiger partial charge < -0.3 is 29.4 Å². The lowest BCUT2D eigenvalue weighted by atomic mass is 9.72. The number of phenolic OH excluding ortho intramolecular Hbond substituents is 1. The summed E-state index contributed by atoms with van der Waals surface area (Å²) in [5.41, 5.74) is 1.81. The summed E-state index contributed by atoms with van der Waals surface area (Å²) in [7, 11) is 3.14. The van der Waals surface area contributed by atoms with Crippen LogP contribution in [0, 0.1) is 17.3 Å². The summed E-state index contributed by atoms with van der Waals surface area (Å²) in [6, 6.07) is 19.6. The Labute approximate surface area is 300 Å². The number of carbonyl (C=O) groups excluding carboxylic acids is 4. The molecule has 1 fully saturated rings. The van der Waals surface area contributed by atoms with Gasteiger partial charge in [0.2, 0.25) is 11.6 Å². The van der Waals surface area contributed by atoms with Crippen LogP contribution >= 0.6 is 0 Å². The molecule has 0 saturated heterocycles. The topological polar surface area (TPSA) is 137 Å². The zero-order chi connectivity index (χ0) is 37.0. The monoisotopic (exact) mass is 701 g/mol. The quantitative estimate of drug-likeness (QED) is 0.109. The Balaban J connectivity index is 1.49. The fraction of sp³-hybridized carbons (Fsp3) is 0.463. The number of carbonyl (C=O) groups is 4.